The molecule has 2 aromatic heterocycles. The monoisotopic (exact) mass is 636 g/mol. The molecule has 8 heteroatoms. The lowest BCUT2D eigenvalue weighted by Crippen LogP contribution is -2.34. The van der Waals surface area contributed by atoms with Crippen molar-refractivity contribution in [1.82, 2.24) is 14.6 Å². The van der Waals surface area contributed by atoms with Crippen LogP contribution >= 0.6 is 11.6 Å². The summed E-state index contributed by atoms with van der Waals surface area (Å²) in [6, 6.07) is 23.4. The van der Waals surface area contributed by atoms with Crippen LogP contribution in [0.3, 0.4) is 0 Å². The minimum absolute atomic E-state index is 0.217. The van der Waals surface area contributed by atoms with Crippen molar-refractivity contribution in [3.05, 3.63) is 88.6 Å². The molecule has 0 saturated heterocycles. The fourth-order valence-corrected chi connectivity index (χ4v) is 7.30. The maximum absolute atomic E-state index is 10.7. The van der Waals surface area contributed by atoms with Gasteiger partial charge in [0.1, 0.15) is 18.5 Å². The quantitative estimate of drug-likeness (QED) is 0.214. The Morgan fingerprint density at radius 3 is 2.61 bits per heavy atom. The zero-order valence-corrected chi connectivity index (χ0v) is 27.8. The molecule has 0 spiro atoms. The maximum atomic E-state index is 10.7. The van der Waals surface area contributed by atoms with E-state index in [1.54, 1.807) is 0 Å². The molecule has 7 nitrogen and oxygen atoms in total. The lowest BCUT2D eigenvalue weighted by Gasteiger charge is -2.33. The first-order valence-electron chi connectivity index (χ1n) is 16.3. The molecule has 6 bridgehead atoms. The Kier molecular flexibility index (Phi) is 8.26. The topological polar surface area (TPSA) is 72.1 Å². The van der Waals surface area contributed by atoms with Crippen molar-refractivity contribution >= 4 is 22.9 Å². The van der Waals surface area contributed by atoms with Crippen molar-refractivity contribution in [2.45, 2.75) is 65.1 Å². The van der Waals surface area contributed by atoms with E-state index in [1.165, 1.54) is 16.7 Å². The van der Waals surface area contributed by atoms with Crippen LogP contribution in [0, 0.1) is 6.92 Å². The zero-order chi connectivity index (χ0) is 32.0. The third-order valence-corrected chi connectivity index (χ3v) is 9.33. The number of nitrogens with zero attached hydrogens (tertiary/aromatic N) is 4. The molecule has 3 aromatic carbocycles. The maximum Gasteiger partial charge on any atom is 0.156 e. The molecule has 2 aliphatic heterocycles. The molecule has 1 atom stereocenters. The molecule has 2 aliphatic rings. The van der Waals surface area contributed by atoms with Crippen LogP contribution < -0.4 is 9.64 Å². The van der Waals surface area contributed by atoms with Gasteiger partial charge in [-0.2, -0.15) is 5.10 Å². The summed E-state index contributed by atoms with van der Waals surface area (Å²) in [6.07, 6.45) is 3.66. The largest absolute Gasteiger partial charge is 0.490 e. The number of aliphatic hydroxyl groups excluding tert-OH is 1. The molecule has 5 aromatic rings. The number of anilines is 1. The van der Waals surface area contributed by atoms with Crippen LogP contribution in [0.25, 0.3) is 39.3 Å². The lowest BCUT2D eigenvalue weighted by molar-refractivity contribution is -0.0825. The fraction of sp³-hybridized carbons (Fsp3) is 0.368. The smallest absolute Gasteiger partial charge is 0.156 e. The van der Waals surface area contributed by atoms with E-state index in [4.69, 9.17) is 31.2 Å². The number of hydrogen-bond donors (Lipinski definition) is 1. The van der Waals surface area contributed by atoms with Crippen LogP contribution in [0.15, 0.2) is 66.7 Å². The predicted molar refractivity (Wildman–Crippen MR) is 185 cm³/mol. The standard InChI is InChI=1S/C38H41ClN4O3/c1-24-34(32(23-44)46-38(2,3)4)36-29-16-17-31-37(35(29)39)42(19-20-45-31)18-9-5-6-11-25-12-7-8-15-28(25)26-13-10-14-27(21-26)30-22-33(40-24)43(36)41-30/h7-8,10,12-17,21-22,32,44H,5-6,9,11,18-20,23H2,1-4H3. The van der Waals surface area contributed by atoms with Crippen LogP contribution in [0.1, 0.15) is 63.0 Å². The highest BCUT2D eigenvalue weighted by molar-refractivity contribution is 6.36. The summed E-state index contributed by atoms with van der Waals surface area (Å²) in [7, 11) is 0. The van der Waals surface area contributed by atoms with Crippen LogP contribution in [-0.2, 0) is 11.2 Å². The van der Waals surface area contributed by atoms with Crippen molar-refractivity contribution in [2.24, 2.45) is 0 Å². The van der Waals surface area contributed by atoms with Gasteiger partial charge < -0.3 is 19.5 Å². The third-order valence-electron chi connectivity index (χ3n) is 8.94. The molecule has 238 valence electrons. The second kappa shape index (κ2) is 12.4. The van der Waals surface area contributed by atoms with Crippen LogP contribution in [-0.4, -0.2) is 51.6 Å². The Morgan fingerprint density at radius 2 is 1.78 bits per heavy atom. The summed E-state index contributed by atoms with van der Waals surface area (Å²) in [5, 5.41) is 16.5. The van der Waals surface area contributed by atoms with Gasteiger partial charge in [-0.15, -0.1) is 0 Å². The minimum Gasteiger partial charge on any atom is -0.490 e. The molecule has 0 fully saturated rings. The van der Waals surface area contributed by atoms with Gasteiger partial charge in [-0.25, -0.2) is 9.50 Å². The Hall–Kier alpha value is -3.91. The molecule has 7 rings (SSSR count). The third kappa shape index (κ3) is 5.76. The van der Waals surface area contributed by atoms with E-state index in [1.807, 2.05) is 50.4 Å². The average molecular weight is 637 g/mol. The van der Waals surface area contributed by atoms with E-state index < -0.39 is 11.7 Å². The summed E-state index contributed by atoms with van der Waals surface area (Å²) in [5.74, 6) is 0.787. The van der Waals surface area contributed by atoms with Gasteiger partial charge in [-0.05, 0) is 81.8 Å². The number of hydrogen-bond acceptors (Lipinski definition) is 6. The van der Waals surface area contributed by atoms with Crippen LogP contribution in [0.4, 0.5) is 5.69 Å². The van der Waals surface area contributed by atoms with E-state index in [9.17, 15) is 5.11 Å². The number of fused-ring (bicyclic) bond motifs is 8. The second-order valence-corrected chi connectivity index (χ2v) is 13.7. The SMILES string of the molecule is Cc1nc2cc3nn2c(c1C(CO)OC(C)(C)C)-c1ccc2c(c1Cl)N(CCCCCc1ccccc1-c1cccc-3c1)CCO2. The number of benzene rings is 3. The van der Waals surface area contributed by atoms with Crippen molar-refractivity contribution in [1.29, 1.82) is 0 Å². The van der Waals surface area contributed by atoms with E-state index in [-0.39, 0.29) is 6.61 Å². The van der Waals surface area contributed by atoms with Gasteiger partial charge in [0.15, 0.2) is 5.65 Å². The first-order chi connectivity index (χ1) is 22.2. The predicted octanol–water partition coefficient (Wildman–Crippen LogP) is 8.47. The highest BCUT2D eigenvalue weighted by Gasteiger charge is 2.31. The number of rotatable bonds is 3. The summed E-state index contributed by atoms with van der Waals surface area (Å²) in [5.41, 5.74) is 9.79. The van der Waals surface area contributed by atoms with Crippen molar-refractivity contribution in [2.75, 3.05) is 31.2 Å². The summed E-state index contributed by atoms with van der Waals surface area (Å²) in [4.78, 5) is 7.38. The molecule has 4 heterocycles. The Bertz CT molecular complexity index is 1910. The van der Waals surface area contributed by atoms with Crippen LogP contribution in [0.2, 0.25) is 5.02 Å². The first kappa shape index (κ1) is 30.7. The van der Waals surface area contributed by atoms with Crippen LogP contribution in [0.5, 0.6) is 5.75 Å². The van der Waals surface area contributed by atoms with Gasteiger partial charge in [0.2, 0.25) is 0 Å². The number of aromatic nitrogens is 3. The highest BCUT2D eigenvalue weighted by atomic mass is 35.5. The molecule has 46 heavy (non-hydrogen) atoms. The van der Waals surface area contributed by atoms with Gasteiger partial charge in [0.05, 0.1) is 40.9 Å². The average Bonchev–Trinajstić information content (AvgIpc) is 3.46. The van der Waals surface area contributed by atoms with Gasteiger partial charge in [0, 0.05) is 35.0 Å². The molecular weight excluding hydrogens is 596 g/mol. The molecule has 0 amide bonds. The summed E-state index contributed by atoms with van der Waals surface area (Å²) < 4.78 is 14.5. The van der Waals surface area contributed by atoms with Crippen molar-refractivity contribution in [3.8, 4) is 39.4 Å². The molecule has 0 aliphatic carbocycles. The van der Waals surface area contributed by atoms with Crippen molar-refractivity contribution < 1.29 is 14.6 Å². The number of aliphatic hydroxyl groups is 1. The molecule has 0 saturated carbocycles. The number of aryl methyl sites for hydroxylation is 2. The lowest BCUT2D eigenvalue weighted by atomic mass is 9.94. The molecular formula is C38H41ClN4O3. The van der Waals surface area contributed by atoms with E-state index >= 15 is 0 Å². The van der Waals surface area contributed by atoms with Gasteiger partial charge in [-0.1, -0.05) is 60.5 Å². The van der Waals surface area contributed by atoms with Gasteiger partial charge in [-0.3, -0.25) is 0 Å². The number of halogens is 1. The molecule has 1 unspecified atom stereocenters. The van der Waals surface area contributed by atoms with Crippen molar-refractivity contribution in [3.63, 3.8) is 0 Å². The Balaban J connectivity index is 1.51. The first-order valence-corrected chi connectivity index (χ1v) is 16.7. The minimum atomic E-state index is -0.642. The van der Waals surface area contributed by atoms with E-state index in [0.29, 0.717) is 17.3 Å². The summed E-state index contributed by atoms with van der Waals surface area (Å²) in [6.45, 7) is 9.99. The van der Waals surface area contributed by atoms with E-state index in [0.717, 1.165) is 84.0 Å². The Morgan fingerprint density at radius 1 is 0.957 bits per heavy atom. The number of ether oxygens (including phenoxy) is 2. The normalized spacial score (nSPS) is 15.7. The Labute approximate surface area is 275 Å². The summed E-state index contributed by atoms with van der Waals surface area (Å²) >= 11 is 7.43. The molecule has 0 radical (unpaired) electrons. The van der Waals surface area contributed by atoms with E-state index in [2.05, 4.69) is 53.4 Å². The highest BCUT2D eigenvalue weighted by Crippen LogP contribution is 2.46. The fourth-order valence-electron chi connectivity index (χ4n) is 6.94. The molecule has 1 N–H and O–H groups in total. The van der Waals surface area contributed by atoms with Gasteiger partial charge in [0.25, 0.3) is 0 Å². The second-order valence-electron chi connectivity index (χ2n) is 13.3. The zero-order valence-electron chi connectivity index (χ0n) is 27.0. The van der Waals surface area contributed by atoms with Gasteiger partial charge >= 0.3 is 0 Å².